The van der Waals surface area contributed by atoms with Gasteiger partial charge in [-0.3, -0.25) is 4.57 Å². The summed E-state index contributed by atoms with van der Waals surface area (Å²) in [7, 11) is -8.50. The maximum absolute atomic E-state index is 12.1. The lowest BCUT2D eigenvalue weighted by Crippen LogP contribution is -2.23. The van der Waals surface area contributed by atoms with Crippen LogP contribution in [0.3, 0.4) is 0 Å². The van der Waals surface area contributed by atoms with Gasteiger partial charge in [0.2, 0.25) is 0 Å². The number of sulfonamides is 1. The minimum Gasteiger partial charge on any atom is -0.493 e. The number of nitrogens with zero attached hydrogens (tertiary/aromatic N) is 3. The summed E-state index contributed by atoms with van der Waals surface area (Å²) >= 11 is 0.970. The molecule has 0 spiro atoms. The highest BCUT2D eigenvalue weighted by Crippen LogP contribution is 2.35. The van der Waals surface area contributed by atoms with Crippen LogP contribution in [0.1, 0.15) is 0 Å². The average molecular weight is 392 g/mol. The third-order valence-corrected chi connectivity index (χ3v) is 6.49. The summed E-state index contributed by atoms with van der Waals surface area (Å²) < 4.78 is 42.8. The number of hydrogen-bond acceptors (Lipinski definition) is 6. The van der Waals surface area contributed by atoms with Gasteiger partial charge in [-0.05, 0) is 35.2 Å². The second-order valence-electron chi connectivity index (χ2n) is 4.54. The molecule has 10 nitrogen and oxygen atoms in total. The molecule has 1 aromatic heterocycles. The molecule has 0 amide bonds. The molecule has 1 aromatic carbocycles. The Morgan fingerprint density at radius 2 is 2.12 bits per heavy atom. The Kier molecular flexibility index (Phi) is 5.83. The smallest absolute Gasteiger partial charge is 0.340 e. The first-order valence-electron chi connectivity index (χ1n) is 6.43. The standard InChI is InChI=1S/C11H13N4O6PS2/c12-15-13-3-4-21-9-1-2-10-8(5-9)6-11(23-10)24(19,20)14-7-22(16,17)18/h1-2,5-6,14H,3-4,7H2,(H2,16,17,18). The molecule has 0 aliphatic rings. The summed E-state index contributed by atoms with van der Waals surface area (Å²) in [5.41, 5.74) is 8.17. The Balaban J connectivity index is 2.18. The third-order valence-electron chi connectivity index (χ3n) is 2.71. The highest BCUT2D eigenvalue weighted by molar-refractivity contribution is 7.92. The molecule has 3 N–H and O–H groups in total. The quantitative estimate of drug-likeness (QED) is 0.205. The molecule has 24 heavy (non-hydrogen) atoms. The Bertz CT molecular complexity index is 931. The molecule has 0 bridgehead atoms. The first kappa shape index (κ1) is 18.7. The van der Waals surface area contributed by atoms with Gasteiger partial charge in [-0.15, -0.1) is 11.3 Å². The molecule has 2 rings (SSSR count). The number of ether oxygens (including phenoxy) is 1. The number of azide groups is 1. The molecule has 0 aliphatic heterocycles. The van der Waals surface area contributed by atoms with Crippen molar-refractivity contribution in [3.8, 4) is 5.75 Å². The summed E-state index contributed by atoms with van der Waals surface area (Å²) in [5.74, 6) is 0.487. The fraction of sp³-hybridized carbons (Fsp3) is 0.273. The zero-order valence-corrected chi connectivity index (χ0v) is 14.6. The molecular formula is C11H13N4O6PS2. The lowest BCUT2D eigenvalue weighted by Gasteiger charge is -2.05. The van der Waals surface area contributed by atoms with Gasteiger partial charge >= 0.3 is 7.60 Å². The van der Waals surface area contributed by atoms with Crippen molar-refractivity contribution >= 4 is 39.0 Å². The molecule has 130 valence electrons. The van der Waals surface area contributed by atoms with Gasteiger partial charge in [0.05, 0.1) is 13.2 Å². The summed E-state index contributed by atoms with van der Waals surface area (Å²) in [6.07, 6.45) is -0.961. The van der Waals surface area contributed by atoms with Crippen molar-refractivity contribution < 1.29 is 27.5 Å². The number of rotatable bonds is 8. The number of benzene rings is 1. The van der Waals surface area contributed by atoms with Crippen molar-refractivity contribution in [3.63, 3.8) is 0 Å². The van der Waals surface area contributed by atoms with E-state index < -0.39 is 23.9 Å². The lowest BCUT2D eigenvalue weighted by molar-refractivity contribution is 0.328. The number of thiophene rings is 1. The zero-order valence-electron chi connectivity index (χ0n) is 12.1. The van der Waals surface area contributed by atoms with E-state index in [1.807, 2.05) is 4.72 Å². The third kappa shape index (κ3) is 5.18. The molecule has 0 unspecified atom stereocenters. The van der Waals surface area contributed by atoms with Crippen molar-refractivity contribution in [2.75, 3.05) is 19.4 Å². The van der Waals surface area contributed by atoms with Crippen LogP contribution in [0.5, 0.6) is 5.75 Å². The summed E-state index contributed by atoms with van der Waals surface area (Å²) in [6.45, 7) is 0.360. The molecule has 0 saturated heterocycles. The van der Waals surface area contributed by atoms with Gasteiger partial charge < -0.3 is 14.5 Å². The second-order valence-corrected chi connectivity index (χ2v) is 9.26. The van der Waals surface area contributed by atoms with Crippen molar-refractivity contribution in [1.29, 1.82) is 0 Å². The molecule has 0 radical (unpaired) electrons. The van der Waals surface area contributed by atoms with E-state index in [9.17, 15) is 13.0 Å². The Labute approximate surface area is 140 Å². The minimum absolute atomic E-state index is 0.0582. The van der Waals surface area contributed by atoms with Gasteiger partial charge in [0.25, 0.3) is 10.0 Å². The van der Waals surface area contributed by atoms with Gasteiger partial charge in [0.15, 0.2) is 0 Å². The second kappa shape index (κ2) is 7.49. The van der Waals surface area contributed by atoms with E-state index in [4.69, 9.17) is 20.1 Å². The number of hydrogen-bond donors (Lipinski definition) is 3. The Morgan fingerprint density at radius 3 is 2.79 bits per heavy atom. The van der Waals surface area contributed by atoms with Crippen molar-refractivity contribution in [3.05, 3.63) is 34.7 Å². The van der Waals surface area contributed by atoms with Gasteiger partial charge in [0, 0.05) is 9.61 Å². The van der Waals surface area contributed by atoms with E-state index in [-0.39, 0.29) is 17.4 Å². The van der Waals surface area contributed by atoms with Crippen LogP contribution >= 0.6 is 18.9 Å². The van der Waals surface area contributed by atoms with Crippen LogP contribution < -0.4 is 9.46 Å². The van der Waals surface area contributed by atoms with Gasteiger partial charge in [0.1, 0.15) is 16.2 Å². The topological polar surface area (TPSA) is 162 Å². The van der Waals surface area contributed by atoms with Gasteiger partial charge in [-0.1, -0.05) is 5.11 Å². The molecule has 13 heteroatoms. The summed E-state index contributed by atoms with van der Waals surface area (Å²) in [4.78, 5) is 20.1. The number of nitrogens with one attached hydrogen (secondary N) is 1. The van der Waals surface area contributed by atoms with E-state index in [0.717, 1.165) is 11.3 Å². The Hall–Kier alpha value is -1.65. The minimum atomic E-state index is -4.48. The molecule has 2 aromatic rings. The predicted octanol–water partition coefficient (Wildman–Crippen LogP) is 2.00. The van der Waals surface area contributed by atoms with Crippen LogP contribution in [0.4, 0.5) is 0 Å². The fourth-order valence-electron chi connectivity index (χ4n) is 1.71. The van der Waals surface area contributed by atoms with Gasteiger partial charge in [-0.25, -0.2) is 8.42 Å². The van der Waals surface area contributed by atoms with Crippen LogP contribution in [0.25, 0.3) is 20.5 Å². The van der Waals surface area contributed by atoms with Crippen LogP contribution in [0.2, 0.25) is 0 Å². The van der Waals surface area contributed by atoms with Crippen LogP contribution in [0.15, 0.2) is 33.6 Å². The summed E-state index contributed by atoms with van der Waals surface area (Å²) in [5, 5.41) is 3.94. The van der Waals surface area contributed by atoms with Crippen LogP contribution in [0, 0.1) is 0 Å². The van der Waals surface area contributed by atoms with Crippen LogP contribution in [-0.2, 0) is 14.6 Å². The van der Waals surface area contributed by atoms with E-state index in [1.54, 1.807) is 18.2 Å². The molecule has 0 aliphatic carbocycles. The van der Waals surface area contributed by atoms with E-state index in [1.165, 1.54) is 6.07 Å². The van der Waals surface area contributed by atoms with E-state index in [0.29, 0.717) is 15.8 Å². The van der Waals surface area contributed by atoms with Gasteiger partial charge in [-0.2, -0.15) is 4.72 Å². The fourth-order valence-corrected chi connectivity index (χ4v) is 5.14. The molecular weight excluding hydrogens is 379 g/mol. The highest BCUT2D eigenvalue weighted by Gasteiger charge is 2.22. The largest absolute Gasteiger partial charge is 0.493 e. The summed E-state index contributed by atoms with van der Waals surface area (Å²) in [6, 6.07) is 6.34. The molecule has 0 fully saturated rings. The number of fused-ring (bicyclic) bond motifs is 1. The highest BCUT2D eigenvalue weighted by atomic mass is 32.2. The monoisotopic (exact) mass is 392 g/mol. The van der Waals surface area contributed by atoms with Crippen molar-refractivity contribution in [2.45, 2.75) is 4.21 Å². The van der Waals surface area contributed by atoms with Crippen molar-refractivity contribution in [2.24, 2.45) is 5.11 Å². The SMILES string of the molecule is [N-]=[N+]=NCCOc1ccc2sc(S(=O)(=O)NCP(=O)(O)O)cc2c1. The first-order chi connectivity index (χ1) is 11.2. The molecule has 0 atom stereocenters. The van der Waals surface area contributed by atoms with Crippen LogP contribution in [-0.4, -0.2) is 37.6 Å². The maximum Gasteiger partial charge on any atom is 0.340 e. The predicted molar refractivity (Wildman–Crippen MR) is 88.6 cm³/mol. The maximum atomic E-state index is 12.1. The van der Waals surface area contributed by atoms with E-state index in [2.05, 4.69) is 10.0 Å². The molecule has 1 heterocycles. The van der Waals surface area contributed by atoms with E-state index >= 15 is 0 Å². The average Bonchev–Trinajstić information content (AvgIpc) is 2.93. The zero-order chi connectivity index (χ0) is 17.8. The molecule has 0 saturated carbocycles. The lowest BCUT2D eigenvalue weighted by atomic mass is 10.2. The first-order valence-corrected chi connectivity index (χ1v) is 10.5. The normalized spacial score (nSPS) is 12.1. The Morgan fingerprint density at radius 1 is 1.38 bits per heavy atom. The van der Waals surface area contributed by atoms with Crippen molar-refractivity contribution in [1.82, 2.24) is 4.72 Å².